The van der Waals surface area contributed by atoms with Crippen LogP contribution in [0.25, 0.3) is 0 Å². The van der Waals surface area contributed by atoms with E-state index in [2.05, 4.69) is 10.3 Å². The molecule has 0 aliphatic rings. The standard InChI is InChI=1S/C16H18ClN3O4S/c1-23-8-7-20(10-14(21)19-16-18-6-9-25-16)15(22)11-24-13-4-2-12(17)3-5-13/h2-6,9H,7-8,10-11H2,1H3,(H,18,19,21). The Bertz CT molecular complexity index is 679. The number of hydrogen-bond acceptors (Lipinski definition) is 6. The maximum atomic E-state index is 12.4. The van der Waals surface area contributed by atoms with Crippen molar-refractivity contribution in [3.63, 3.8) is 0 Å². The molecule has 0 atom stereocenters. The van der Waals surface area contributed by atoms with Gasteiger partial charge in [-0.15, -0.1) is 11.3 Å². The van der Waals surface area contributed by atoms with E-state index in [1.54, 1.807) is 35.8 Å². The lowest BCUT2D eigenvalue weighted by Gasteiger charge is -2.21. The van der Waals surface area contributed by atoms with Crippen LogP contribution in [0.1, 0.15) is 0 Å². The largest absolute Gasteiger partial charge is 0.484 e. The van der Waals surface area contributed by atoms with E-state index in [0.717, 1.165) is 0 Å². The van der Waals surface area contributed by atoms with Gasteiger partial charge in [0.25, 0.3) is 5.91 Å². The fraction of sp³-hybridized carbons (Fsp3) is 0.312. The predicted molar refractivity (Wildman–Crippen MR) is 96.1 cm³/mol. The maximum Gasteiger partial charge on any atom is 0.261 e. The molecule has 1 aromatic carbocycles. The second-order valence-corrected chi connectivity index (χ2v) is 6.27. The number of benzene rings is 1. The summed E-state index contributed by atoms with van der Waals surface area (Å²) >= 11 is 7.11. The first-order valence-corrected chi connectivity index (χ1v) is 8.68. The van der Waals surface area contributed by atoms with E-state index < -0.39 is 0 Å². The van der Waals surface area contributed by atoms with Crippen LogP contribution in [0.15, 0.2) is 35.8 Å². The number of halogens is 1. The van der Waals surface area contributed by atoms with Crippen molar-refractivity contribution < 1.29 is 19.1 Å². The topological polar surface area (TPSA) is 80.8 Å². The first-order chi connectivity index (χ1) is 12.1. The minimum Gasteiger partial charge on any atom is -0.484 e. The number of carbonyl (C=O) groups is 2. The van der Waals surface area contributed by atoms with Crippen LogP contribution < -0.4 is 10.1 Å². The fourth-order valence-electron chi connectivity index (χ4n) is 1.88. The van der Waals surface area contributed by atoms with Gasteiger partial charge in [-0.2, -0.15) is 0 Å². The van der Waals surface area contributed by atoms with Crippen molar-refractivity contribution in [2.75, 3.05) is 38.7 Å². The second-order valence-electron chi connectivity index (χ2n) is 4.94. The number of methoxy groups -OCH3 is 1. The van der Waals surface area contributed by atoms with Crippen molar-refractivity contribution in [3.05, 3.63) is 40.9 Å². The number of nitrogens with zero attached hydrogens (tertiary/aromatic N) is 2. The molecular weight excluding hydrogens is 366 g/mol. The number of hydrogen-bond donors (Lipinski definition) is 1. The molecule has 0 spiro atoms. The molecule has 2 rings (SSSR count). The minimum absolute atomic E-state index is 0.105. The number of ether oxygens (including phenoxy) is 2. The molecule has 1 heterocycles. The van der Waals surface area contributed by atoms with E-state index in [9.17, 15) is 9.59 Å². The Hall–Kier alpha value is -2.16. The van der Waals surface area contributed by atoms with Gasteiger partial charge in [0.2, 0.25) is 5.91 Å². The van der Waals surface area contributed by atoms with Gasteiger partial charge in [-0.05, 0) is 24.3 Å². The van der Waals surface area contributed by atoms with Crippen molar-refractivity contribution in [2.45, 2.75) is 0 Å². The molecule has 0 saturated heterocycles. The van der Waals surface area contributed by atoms with Gasteiger partial charge >= 0.3 is 0 Å². The van der Waals surface area contributed by atoms with Gasteiger partial charge in [0, 0.05) is 30.3 Å². The van der Waals surface area contributed by atoms with Crippen LogP contribution in [0.2, 0.25) is 5.02 Å². The van der Waals surface area contributed by atoms with Crippen LogP contribution >= 0.6 is 22.9 Å². The lowest BCUT2D eigenvalue weighted by molar-refractivity contribution is -0.137. The van der Waals surface area contributed by atoms with Gasteiger partial charge in [-0.3, -0.25) is 9.59 Å². The van der Waals surface area contributed by atoms with Crippen LogP contribution in [0.4, 0.5) is 5.13 Å². The molecular formula is C16H18ClN3O4S. The van der Waals surface area contributed by atoms with Crippen LogP contribution in [0.3, 0.4) is 0 Å². The highest BCUT2D eigenvalue weighted by atomic mass is 35.5. The van der Waals surface area contributed by atoms with Crippen molar-refractivity contribution in [3.8, 4) is 5.75 Å². The maximum absolute atomic E-state index is 12.4. The molecule has 0 fully saturated rings. The zero-order valence-corrected chi connectivity index (χ0v) is 15.2. The van der Waals surface area contributed by atoms with Crippen molar-refractivity contribution in [2.24, 2.45) is 0 Å². The molecule has 0 saturated carbocycles. The zero-order chi connectivity index (χ0) is 18.1. The number of thiazole rings is 1. The first kappa shape index (κ1) is 19.2. The number of nitrogens with one attached hydrogen (secondary N) is 1. The second kappa shape index (κ2) is 9.97. The van der Waals surface area contributed by atoms with Gasteiger partial charge in [-0.1, -0.05) is 11.6 Å². The van der Waals surface area contributed by atoms with Crippen LogP contribution in [-0.2, 0) is 14.3 Å². The lowest BCUT2D eigenvalue weighted by Crippen LogP contribution is -2.42. The molecule has 0 aliphatic carbocycles. The molecule has 0 unspecified atom stereocenters. The molecule has 0 radical (unpaired) electrons. The SMILES string of the molecule is COCCN(CC(=O)Nc1nccs1)C(=O)COc1ccc(Cl)cc1. The Morgan fingerprint density at radius 1 is 1.32 bits per heavy atom. The molecule has 1 N–H and O–H groups in total. The van der Waals surface area contributed by atoms with Gasteiger partial charge in [0.15, 0.2) is 11.7 Å². The third-order valence-electron chi connectivity index (χ3n) is 3.11. The summed E-state index contributed by atoms with van der Waals surface area (Å²) < 4.78 is 10.4. The monoisotopic (exact) mass is 383 g/mol. The van der Waals surface area contributed by atoms with Gasteiger partial charge in [-0.25, -0.2) is 4.98 Å². The van der Waals surface area contributed by atoms with E-state index in [0.29, 0.717) is 22.5 Å². The first-order valence-electron chi connectivity index (χ1n) is 7.43. The van der Waals surface area contributed by atoms with Crippen molar-refractivity contribution in [1.29, 1.82) is 0 Å². The fourth-order valence-corrected chi connectivity index (χ4v) is 2.55. The summed E-state index contributed by atoms with van der Waals surface area (Å²) in [4.78, 5) is 29.8. The normalized spacial score (nSPS) is 10.3. The molecule has 1 aromatic heterocycles. The molecule has 0 aliphatic heterocycles. The number of aromatic nitrogens is 1. The molecule has 0 bridgehead atoms. The Morgan fingerprint density at radius 2 is 2.08 bits per heavy atom. The van der Waals surface area contributed by atoms with Crippen LogP contribution in [-0.4, -0.2) is 55.1 Å². The molecule has 9 heteroatoms. The smallest absolute Gasteiger partial charge is 0.261 e. The summed E-state index contributed by atoms with van der Waals surface area (Å²) in [5, 5.41) is 5.47. The molecule has 7 nitrogen and oxygen atoms in total. The van der Waals surface area contributed by atoms with Gasteiger partial charge in [0.1, 0.15) is 12.3 Å². The lowest BCUT2D eigenvalue weighted by atomic mass is 10.3. The Balaban J connectivity index is 1.89. The summed E-state index contributed by atoms with van der Waals surface area (Å²) in [5.74, 6) is -0.121. The van der Waals surface area contributed by atoms with E-state index in [1.807, 2.05) is 0 Å². The Morgan fingerprint density at radius 3 is 2.72 bits per heavy atom. The number of rotatable bonds is 9. The molecule has 2 amide bonds. The molecule has 25 heavy (non-hydrogen) atoms. The average molecular weight is 384 g/mol. The predicted octanol–water partition coefficient (Wildman–Crippen LogP) is 2.29. The van der Waals surface area contributed by atoms with Gasteiger partial charge < -0.3 is 19.7 Å². The number of amides is 2. The van der Waals surface area contributed by atoms with Crippen molar-refractivity contribution >= 4 is 39.9 Å². The highest BCUT2D eigenvalue weighted by molar-refractivity contribution is 7.13. The molecule has 2 aromatic rings. The summed E-state index contributed by atoms with van der Waals surface area (Å²) in [5.41, 5.74) is 0. The van der Waals surface area contributed by atoms with Gasteiger partial charge in [0.05, 0.1) is 6.61 Å². The highest BCUT2D eigenvalue weighted by Gasteiger charge is 2.18. The number of carbonyl (C=O) groups excluding carboxylic acids is 2. The zero-order valence-electron chi connectivity index (χ0n) is 13.6. The Labute approximate surface area is 154 Å². The number of anilines is 1. The summed E-state index contributed by atoms with van der Waals surface area (Å²) in [7, 11) is 1.53. The van der Waals surface area contributed by atoms with E-state index in [4.69, 9.17) is 21.1 Å². The third kappa shape index (κ3) is 6.69. The summed E-state index contributed by atoms with van der Waals surface area (Å²) in [6.45, 7) is 0.309. The summed E-state index contributed by atoms with van der Waals surface area (Å²) in [6, 6.07) is 6.69. The highest BCUT2D eigenvalue weighted by Crippen LogP contribution is 2.15. The Kier molecular flexibility index (Phi) is 7.65. The molecule has 134 valence electrons. The van der Waals surface area contributed by atoms with E-state index >= 15 is 0 Å². The average Bonchev–Trinajstić information content (AvgIpc) is 3.10. The van der Waals surface area contributed by atoms with E-state index in [1.165, 1.54) is 23.3 Å². The van der Waals surface area contributed by atoms with Crippen molar-refractivity contribution in [1.82, 2.24) is 9.88 Å². The third-order valence-corrected chi connectivity index (χ3v) is 4.05. The quantitative estimate of drug-likeness (QED) is 0.718. The summed E-state index contributed by atoms with van der Waals surface area (Å²) in [6.07, 6.45) is 1.59. The minimum atomic E-state index is -0.328. The van der Waals surface area contributed by atoms with Crippen LogP contribution in [0, 0.1) is 0 Å². The van der Waals surface area contributed by atoms with Crippen LogP contribution in [0.5, 0.6) is 5.75 Å². The van der Waals surface area contributed by atoms with E-state index in [-0.39, 0.29) is 31.5 Å².